The molecule has 0 radical (unpaired) electrons. The van der Waals surface area contributed by atoms with Crippen LogP contribution in [-0.2, 0) is 12.1 Å². The van der Waals surface area contributed by atoms with Crippen molar-refractivity contribution in [2.75, 3.05) is 19.6 Å². The number of hydrogen-bond donors (Lipinski definition) is 2. The Labute approximate surface area is 205 Å². The number of likely N-dealkylation sites (tertiary alicyclic amines) is 1. The van der Waals surface area contributed by atoms with Crippen LogP contribution in [0, 0.1) is 0 Å². The van der Waals surface area contributed by atoms with Gasteiger partial charge in [0.1, 0.15) is 5.58 Å². The van der Waals surface area contributed by atoms with Crippen molar-refractivity contribution in [2.24, 2.45) is 0 Å². The number of aromatic nitrogens is 1. The summed E-state index contributed by atoms with van der Waals surface area (Å²) in [6.07, 6.45) is 4.75. The molecule has 1 aliphatic heterocycles. The van der Waals surface area contributed by atoms with E-state index in [2.05, 4.69) is 46.4 Å². The van der Waals surface area contributed by atoms with Crippen LogP contribution in [-0.4, -0.2) is 40.5 Å². The lowest BCUT2D eigenvalue weighted by Crippen LogP contribution is -2.43. The van der Waals surface area contributed by atoms with Gasteiger partial charge in [0.2, 0.25) is 0 Å². The number of nitrogens with one attached hydrogen (secondary N) is 1. The third-order valence-electron chi connectivity index (χ3n) is 7.06. The maximum absolute atomic E-state index is 12.6. The summed E-state index contributed by atoms with van der Waals surface area (Å²) in [5, 5.41) is 15.2. The summed E-state index contributed by atoms with van der Waals surface area (Å²) in [6.45, 7) is 5.34. The molecule has 1 amide bonds. The first-order chi connectivity index (χ1) is 17.0. The number of piperidine rings is 1. The van der Waals surface area contributed by atoms with E-state index < -0.39 is 5.60 Å². The number of furan rings is 1. The maximum Gasteiger partial charge on any atom is 0.287 e. The van der Waals surface area contributed by atoms with Crippen LogP contribution < -0.4 is 5.32 Å². The smallest absolute Gasteiger partial charge is 0.287 e. The molecule has 6 nitrogen and oxygen atoms in total. The van der Waals surface area contributed by atoms with Gasteiger partial charge in [-0.1, -0.05) is 43.3 Å². The van der Waals surface area contributed by atoms with Crippen LogP contribution >= 0.6 is 0 Å². The maximum atomic E-state index is 12.6. The highest BCUT2D eigenvalue weighted by molar-refractivity contribution is 5.96. The van der Waals surface area contributed by atoms with Crippen molar-refractivity contribution in [1.82, 2.24) is 15.2 Å². The van der Waals surface area contributed by atoms with Gasteiger partial charge in [-0.3, -0.25) is 9.78 Å². The van der Waals surface area contributed by atoms with Crippen molar-refractivity contribution in [3.8, 4) is 0 Å². The van der Waals surface area contributed by atoms with E-state index in [1.54, 1.807) is 18.5 Å². The van der Waals surface area contributed by atoms with Crippen molar-refractivity contribution >= 4 is 16.9 Å². The SMILES string of the molecule is C[C@@H](CN1CCC(O)(c2ccc3oc(C(=O)NCc4ccncc4)cc3c2)CC1)c1ccccc1. The summed E-state index contributed by atoms with van der Waals surface area (Å²) in [6, 6.07) is 21.8. The van der Waals surface area contributed by atoms with Gasteiger partial charge in [0.25, 0.3) is 5.91 Å². The van der Waals surface area contributed by atoms with Gasteiger partial charge < -0.3 is 19.7 Å². The minimum absolute atomic E-state index is 0.265. The molecule has 1 atom stereocenters. The minimum Gasteiger partial charge on any atom is -0.451 e. The number of pyridine rings is 1. The first-order valence-electron chi connectivity index (χ1n) is 12.2. The predicted molar refractivity (Wildman–Crippen MR) is 136 cm³/mol. The van der Waals surface area contributed by atoms with E-state index in [1.807, 2.05) is 36.4 Å². The number of rotatable bonds is 7. The van der Waals surface area contributed by atoms with E-state index in [0.717, 1.165) is 36.1 Å². The Kier molecular flexibility index (Phi) is 6.66. The van der Waals surface area contributed by atoms with Gasteiger partial charge >= 0.3 is 0 Å². The Bertz CT molecular complexity index is 1280. The van der Waals surface area contributed by atoms with Crippen LogP contribution in [0.2, 0.25) is 0 Å². The first kappa shape index (κ1) is 23.3. The molecule has 0 saturated carbocycles. The molecule has 35 heavy (non-hydrogen) atoms. The van der Waals surface area contributed by atoms with Gasteiger partial charge in [-0.05, 0) is 65.8 Å². The zero-order chi connectivity index (χ0) is 24.3. The van der Waals surface area contributed by atoms with Crippen molar-refractivity contribution < 1.29 is 14.3 Å². The molecule has 3 heterocycles. The van der Waals surface area contributed by atoms with Gasteiger partial charge in [-0.2, -0.15) is 0 Å². The molecule has 2 N–H and O–H groups in total. The summed E-state index contributed by atoms with van der Waals surface area (Å²) >= 11 is 0. The molecule has 6 heteroatoms. The molecule has 1 fully saturated rings. The number of amides is 1. The lowest BCUT2D eigenvalue weighted by atomic mass is 9.83. The van der Waals surface area contributed by atoms with Crippen LogP contribution in [0.1, 0.15) is 52.9 Å². The van der Waals surface area contributed by atoms with Gasteiger partial charge in [0.15, 0.2) is 5.76 Å². The highest BCUT2D eigenvalue weighted by Crippen LogP contribution is 2.35. The standard InChI is InChI=1S/C29H31N3O3/c1-21(23-5-3-2-4-6-23)20-32-15-11-29(34,12-16-32)25-7-8-26-24(17-25)18-27(35-26)28(33)31-19-22-9-13-30-14-10-22/h2-10,13-14,17-18,21,34H,11-12,15-16,19-20H2,1H3,(H,31,33)/t21-/m0/s1. The fraction of sp³-hybridized carbons (Fsp3) is 0.310. The number of aliphatic hydroxyl groups is 1. The number of hydrogen-bond acceptors (Lipinski definition) is 5. The third kappa shape index (κ3) is 5.29. The molecule has 0 spiro atoms. The predicted octanol–water partition coefficient (Wildman–Crippen LogP) is 4.84. The lowest BCUT2D eigenvalue weighted by Gasteiger charge is -2.39. The fourth-order valence-electron chi connectivity index (χ4n) is 4.88. The second-order valence-corrected chi connectivity index (χ2v) is 9.55. The van der Waals surface area contributed by atoms with Crippen LogP contribution in [0.5, 0.6) is 0 Å². The number of nitrogens with zero attached hydrogens (tertiary/aromatic N) is 2. The average Bonchev–Trinajstić information content (AvgIpc) is 3.33. The Hall–Kier alpha value is -3.48. The number of carbonyl (C=O) groups is 1. The number of benzene rings is 2. The number of fused-ring (bicyclic) bond motifs is 1. The first-order valence-corrected chi connectivity index (χ1v) is 12.2. The second-order valence-electron chi connectivity index (χ2n) is 9.55. The molecule has 4 aromatic rings. The summed E-state index contributed by atoms with van der Waals surface area (Å²) < 4.78 is 5.78. The van der Waals surface area contributed by atoms with Crippen LogP contribution in [0.4, 0.5) is 0 Å². The topological polar surface area (TPSA) is 78.6 Å². The Morgan fingerprint density at radius 3 is 2.57 bits per heavy atom. The normalized spacial score (nSPS) is 16.7. The van der Waals surface area contributed by atoms with E-state index >= 15 is 0 Å². The van der Waals surface area contributed by atoms with Crippen molar-refractivity contribution in [1.29, 1.82) is 0 Å². The highest BCUT2D eigenvalue weighted by atomic mass is 16.3. The largest absolute Gasteiger partial charge is 0.451 e. The molecular weight excluding hydrogens is 438 g/mol. The van der Waals surface area contributed by atoms with Gasteiger partial charge in [-0.15, -0.1) is 0 Å². The summed E-state index contributed by atoms with van der Waals surface area (Å²) in [5.41, 5.74) is 2.96. The summed E-state index contributed by atoms with van der Waals surface area (Å²) in [7, 11) is 0. The molecule has 1 saturated heterocycles. The van der Waals surface area contributed by atoms with Gasteiger partial charge in [-0.25, -0.2) is 0 Å². The minimum atomic E-state index is -0.873. The molecule has 0 aliphatic carbocycles. The molecule has 2 aromatic heterocycles. The van der Waals surface area contributed by atoms with Gasteiger partial charge in [0, 0.05) is 44.0 Å². The Morgan fingerprint density at radius 2 is 1.83 bits per heavy atom. The van der Waals surface area contributed by atoms with Crippen LogP contribution in [0.3, 0.4) is 0 Å². The van der Waals surface area contributed by atoms with E-state index in [0.29, 0.717) is 30.9 Å². The fourth-order valence-corrected chi connectivity index (χ4v) is 4.88. The van der Waals surface area contributed by atoms with Gasteiger partial charge in [0.05, 0.1) is 5.60 Å². The lowest BCUT2D eigenvalue weighted by molar-refractivity contribution is -0.0266. The van der Waals surface area contributed by atoms with E-state index in [1.165, 1.54) is 5.56 Å². The summed E-state index contributed by atoms with van der Waals surface area (Å²) in [4.78, 5) is 19.0. The highest BCUT2D eigenvalue weighted by Gasteiger charge is 2.34. The van der Waals surface area contributed by atoms with Crippen LogP contribution in [0.15, 0.2) is 83.5 Å². The zero-order valence-electron chi connectivity index (χ0n) is 20.0. The molecule has 0 bridgehead atoms. The van der Waals surface area contributed by atoms with E-state index in [4.69, 9.17) is 4.42 Å². The average molecular weight is 470 g/mol. The monoisotopic (exact) mass is 469 g/mol. The Morgan fingerprint density at radius 1 is 1.09 bits per heavy atom. The van der Waals surface area contributed by atoms with E-state index in [-0.39, 0.29) is 11.7 Å². The quantitative estimate of drug-likeness (QED) is 0.405. The molecule has 0 unspecified atom stereocenters. The van der Waals surface area contributed by atoms with Crippen molar-refractivity contribution in [3.63, 3.8) is 0 Å². The van der Waals surface area contributed by atoms with E-state index in [9.17, 15) is 9.90 Å². The molecular formula is C29H31N3O3. The zero-order valence-corrected chi connectivity index (χ0v) is 20.0. The van der Waals surface area contributed by atoms with Crippen molar-refractivity contribution in [2.45, 2.75) is 37.8 Å². The third-order valence-corrected chi connectivity index (χ3v) is 7.06. The van der Waals surface area contributed by atoms with Crippen LogP contribution in [0.25, 0.3) is 11.0 Å². The van der Waals surface area contributed by atoms with Crippen molar-refractivity contribution in [3.05, 3.63) is 102 Å². The Balaban J connectivity index is 1.22. The molecule has 2 aromatic carbocycles. The molecule has 1 aliphatic rings. The molecule has 180 valence electrons. The summed E-state index contributed by atoms with van der Waals surface area (Å²) in [5.74, 6) is 0.454. The second kappa shape index (κ2) is 10.0. The molecule has 5 rings (SSSR count). The number of carbonyl (C=O) groups excluding carboxylic acids is 1.